The Morgan fingerprint density at radius 2 is 2.15 bits per heavy atom. The van der Waals surface area contributed by atoms with Crippen LogP contribution in [-0.4, -0.2) is 20.6 Å². The zero-order chi connectivity index (χ0) is 14.9. The fourth-order valence-electron chi connectivity index (χ4n) is 1.93. The molecule has 0 aliphatic carbocycles. The SMILES string of the molecule is CCc1cn(Cc2cc(C)c(C(=O)O)o2)c(=O)[nH]c1=O. The van der Waals surface area contributed by atoms with Gasteiger partial charge in [0, 0.05) is 17.3 Å². The van der Waals surface area contributed by atoms with E-state index in [1.165, 1.54) is 10.8 Å². The zero-order valence-electron chi connectivity index (χ0n) is 11.1. The van der Waals surface area contributed by atoms with Gasteiger partial charge < -0.3 is 9.52 Å². The van der Waals surface area contributed by atoms with Gasteiger partial charge in [0.1, 0.15) is 5.76 Å². The monoisotopic (exact) mass is 278 g/mol. The van der Waals surface area contributed by atoms with Crippen LogP contribution in [0.2, 0.25) is 0 Å². The number of aromatic nitrogens is 2. The number of aromatic amines is 1. The van der Waals surface area contributed by atoms with Crippen molar-refractivity contribution in [1.82, 2.24) is 9.55 Å². The van der Waals surface area contributed by atoms with E-state index in [-0.39, 0.29) is 12.3 Å². The van der Waals surface area contributed by atoms with E-state index < -0.39 is 17.2 Å². The second kappa shape index (κ2) is 5.20. The summed E-state index contributed by atoms with van der Waals surface area (Å²) in [6.07, 6.45) is 1.95. The summed E-state index contributed by atoms with van der Waals surface area (Å²) in [5.41, 5.74) is 0.000697. The minimum Gasteiger partial charge on any atom is -0.475 e. The quantitative estimate of drug-likeness (QED) is 0.858. The predicted molar refractivity (Wildman–Crippen MR) is 70.2 cm³/mol. The predicted octanol–water partition coefficient (Wildman–Crippen LogP) is 0.747. The Morgan fingerprint density at radius 1 is 1.45 bits per heavy atom. The lowest BCUT2D eigenvalue weighted by atomic mass is 10.2. The van der Waals surface area contributed by atoms with Gasteiger partial charge in [0.25, 0.3) is 5.56 Å². The molecule has 0 aromatic carbocycles. The number of aryl methyl sites for hydroxylation is 2. The molecular weight excluding hydrogens is 264 g/mol. The highest BCUT2D eigenvalue weighted by Gasteiger charge is 2.15. The van der Waals surface area contributed by atoms with E-state index in [0.717, 1.165) is 0 Å². The number of carboxylic acids is 1. The Kier molecular flexibility index (Phi) is 3.60. The molecule has 0 saturated carbocycles. The fourth-order valence-corrected chi connectivity index (χ4v) is 1.93. The van der Waals surface area contributed by atoms with E-state index in [1.54, 1.807) is 19.9 Å². The van der Waals surface area contributed by atoms with Crippen LogP contribution in [-0.2, 0) is 13.0 Å². The Balaban J connectivity index is 2.40. The van der Waals surface area contributed by atoms with Crippen molar-refractivity contribution in [2.75, 3.05) is 0 Å². The number of hydrogen-bond acceptors (Lipinski definition) is 4. The molecule has 106 valence electrons. The van der Waals surface area contributed by atoms with Crippen LogP contribution in [0.3, 0.4) is 0 Å². The summed E-state index contributed by atoms with van der Waals surface area (Å²) in [5, 5.41) is 8.91. The molecule has 0 fully saturated rings. The average molecular weight is 278 g/mol. The van der Waals surface area contributed by atoms with Gasteiger partial charge in [-0.25, -0.2) is 9.59 Å². The minimum atomic E-state index is -1.16. The van der Waals surface area contributed by atoms with Crippen molar-refractivity contribution in [3.05, 3.63) is 55.7 Å². The molecule has 2 heterocycles. The van der Waals surface area contributed by atoms with Gasteiger partial charge in [-0.3, -0.25) is 14.3 Å². The molecule has 0 aliphatic heterocycles. The van der Waals surface area contributed by atoms with Crippen molar-refractivity contribution in [1.29, 1.82) is 0 Å². The van der Waals surface area contributed by atoms with Crippen molar-refractivity contribution in [3.63, 3.8) is 0 Å². The molecule has 0 saturated heterocycles. The summed E-state index contributed by atoms with van der Waals surface area (Å²) in [6.45, 7) is 3.49. The lowest BCUT2D eigenvalue weighted by Crippen LogP contribution is -2.31. The molecule has 2 N–H and O–H groups in total. The van der Waals surface area contributed by atoms with Gasteiger partial charge in [0.2, 0.25) is 5.76 Å². The largest absolute Gasteiger partial charge is 0.475 e. The first kappa shape index (κ1) is 13.9. The molecule has 0 radical (unpaired) electrons. The van der Waals surface area contributed by atoms with Gasteiger partial charge in [-0.1, -0.05) is 6.92 Å². The number of hydrogen-bond donors (Lipinski definition) is 2. The second-order valence-electron chi connectivity index (χ2n) is 4.43. The van der Waals surface area contributed by atoms with Crippen molar-refractivity contribution >= 4 is 5.97 Å². The summed E-state index contributed by atoms with van der Waals surface area (Å²) in [6, 6.07) is 1.56. The van der Waals surface area contributed by atoms with E-state index in [9.17, 15) is 14.4 Å². The molecule has 0 spiro atoms. The normalized spacial score (nSPS) is 10.7. The second-order valence-corrected chi connectivity index (χ2v) is 4.43. The summed E-state index contributed by atoms with van der Waals surface area (Å²) in [5.74, 6) is -0.957. The van der Waals surface area contributed by atoms with E-state index in [1.807, 2.05) is 0 Å². The topological polar surface area (TPSA) is 105 Å². The first-order chi connectivity index (χ1) is 9.42. The third kappa shape index (κ3) is 2.56. The molecule has 2 aromatic heterocycles. The Morgan fingerprint density at radius 3 is 2.70 bits per heavy atom. The van der Waals surface area contributed by atoms with E-state index in [2.05, 4.69) is 4.98 Å². The summed E-state index contributed by atoms with van der Waals surface area (Å²) >= 11 is 0. The third-order valence-electron chi connectivity index (χ3n) is 2.95. The van der Waals surface area contributed by atoms with Crippen LogP contribution in [0.15, 0.2) is 26.3 Å². The Hall–Kier alpha value is -2.57. The van der Waals surface area contributed by atoms with Gasteiger partial charge in [0.05, 0.1) is 6.54 Å². The highest BCUT2D eigenvalue weighted by molar-refractivity contribution is 5.86. The summed E-state index contributed by atoms with van der Waals surface area (Å²) in [7, 11) is 0. The van der Waals surface area contributed by atoms with Gasteiger partial charge in [-0.2, -0.15) is 0 Å². The van der Waals surface area contributed by atoms with Gasteiger partial charge >= 0.3 is 11.7 Å². The molecule has 0 atom stereocenters. The smallest absolute Gasteiger partial charge is 0.372 e. The summed E-state index contributed by atoms with van der Waals surface area (Å²) < 4.78 is 6.47. The molecule has 7 heteroatoms. The zero-order valence-corrected chi connectivity index (χ0v) is 11.1. The Bertz CT molecular complexity index is 766. The van der Waals surface area contributed by atoms with Crippen LogP contribution in [0.1, 0.15) is 34.4 Å². The average Bonchev–Trinajstić information content (AvgIpc) is 2.74. The highest BCUT2D eigenvalue weighted by Crippen LogP contribution is 2.15. The van der Waals surface area contributed by atoms with E-state index >= 15 is 0 Å². The van der Waals surface area contributed by atoms with Gasteiger partial charge in [0.15, 0.2) is 0 Å². The molecule has 20 heavy (non-hydrogen) atoms. The van der Waals surface area contributed by atoms with Crippen molar-refractivity contribution in [2.45, 2.75) is 26.8 Å². The van der Waals surface area contributed by atoms with Gasteiger partial charge in [-0.15, -0.1) is 0 Å². The standard InChI is InChI=1S/C13H14N2O5/c1-3-8-5-15(13(19)14-11(8)16)6-9-4-7(2)10(20-9)12(17)18/h4-5H,3,6H2,1-2H3,(H,17,18)(H,14,16,19). The van der Waals surface area contributed by atoms with Crippen molar-refractivity contribution in [3.8, 4) is 0 Å². The van der Waals surface area contributed by atoms with E-state index in [4.69, 9.17) is 9.52 Å². The lowest BCUT2D eigenvalue weighted by Gasteiger charge is -2.04. The molecule has 0 unspecified atom stereocenters. The summed E-state index contributed by atoms with van der Waals surface area (Å²) in [4.78, 5) is 36.2. The number of nitrogens with zero attached hydrogens (tertiary/aromatic N) is 1. The maximum absolute atomic E-state index is 11.7. The number of carbonyl (C=O) groups is 1. The number of furan rings is 1. The Labute approximate surface area is 113 Å². The molecule has 0 aliphatic rings. The first-order valence-corrected chi connectivity index (χ1v) is 6.07. The van der Waals surface area contributed by atoms with Crippen LogP contribution < -0.4 is 11.2 Å². The molecule has 2 rings (SSSR count). The van der Waals surface area contributed by atoms with Crippen LogP contribution in [0, 0.1) is 6.92 Å². The fraction of sp³-hybridized carbons (Fsp3) is 0.308. The van der Waals surface area contributed by atoms with Gasteiger partial charge in [-0.05, 0) is 19.4 Å². The maximum atomic E-state index is 11.7. The van der Waals surface area contributed by atoms with E-state index in [0.29, 0.717) is 23.3 Å². The lowest BCUT2D eigenvalue weighted by molar-refractivity contribution is 0.0659. The molecule has 2 aromatic rings. The maximum Gasteiger partial charge on any atom is 0.372 e. The molecule has 0 amide bonds. The molecule has 0 bridgehead atoms. The van der Waals surface area contributed by atoms with Crippen LogP contribution >= 0.6 is 0 Å². The van der Waals surface area contributed by atoms with Crippen LogP contribution in [0.4, 0.5) is 0 Å². The number of aromatic carboxylic acids is 1. The first-order valence-electron chi connectivity index (χ1n) is 6.07. The third-order valence-corrected chi connectivity index (χ3v) is 2.95. The van der Waals surface area contributed by atoms with Crippen molar-refractivity contribution in [2.24, 2.45) is 0 Å². The van der Waals surface area contributed by atoms with Crippen molar-refractivity contribution < 1.29 is 14.3 Å². The number of rotatable bonds is 4. The minimum absolute atomic E-state index is 0.0662. The molecule has 7 nitrogen and oxygen atoms in total. The number of H-pyrrole nitrogens is 1. The number of nitrogens with one attached hydrogen (secondary N) is 1. The number of carboxylic acid groups (broad SMARTS) is 1. The van der Waals surface area contributed by atoms with Crippen LogP contribution in [0.5, 0.6) is 0 Å². The molecular formula is C13H14N2O5. The van der Waals surface area contributed by atoms with Crippen LogP contribution in [0.25, 0.3) is 0 Å². The highest BCUT2D eigenvalue weighted by atomic mass is 16.4.